The third-order valence-electron chi connectivity index (χ3n) is 3.73. The lowest BCUT2D eigenvalue weighted by atomic mass is 9.85. The molecule has 2 atom stereocenters. The molecule has 1 aliphatic carbocycles. The van der Waals surface area contributed by atoms with Gasteiger partial charge in [0.2, 0.25) is 0 Å². The monoisotopic (exact) mass is 271 g/mol. The Labute approximate surface area is 120 Å². The van der Waals surface area contributed by atoms with Crippen LogP contribution < -0.4 is 4.74 Å². The predicted molar refractivity (Wildman–Crippen MR) is 78.5 cm³/mol. The van der Waals surface area contributed by atoms with Gasteiger partial charge in [0.25, 0.3) is 0 Å². The van der Waals surface area contributed by atoms with E-state index in [9.17, 15) is 0 Å². The van der Waals surface area contributed by atoms with E-state index in [1.165, 1.54) is 0 Å². The van der Waals surface area contributed by atoms with Gasteiger partial charge in [-0.05, 0) is 48.9 Å². The maximum atomic E-state index is 8.70. The van der Waals surface area contributed by atoms with Crippen LogP contribution in [0.2, 0.25) is 0 Å². The molecule has 0 heterocycles. The number of rotatable bonds is 6. The van der Waals surface area contributed by atoms with E-state index in [0.29, 0.717) is 30.6 Å². The quantitative estimate of drug-likeness (QED) is 0.587. The van der Waals surface area contributed by atoms with Crippen LogP contribution in [0.5, 0.6) is 5.75 Å². The van der Waals surface area contributed by atoms with Gasteiger partial charge in [0.05, 0.1) is 24.8 Å². The van der Waals surface area contributed by atoms with Crippen molar-refractivity contribution in [3.63, 3.8) is 0 Å². The number of nitrogens with zero attached hydrogens (tertiary/aromatic N) is 1. The summed E-state index contributed by atoms with van der Waals surface area (Å²) in [4.78, 5) is 0. The molecule has 0 spiro atoms. The number of nitriles is 1. The fraction of sp³-hybridized carbons (Fsp3) is 0.471. The van der Waals surface area contributed by atoms with E-state index >= 15 is 0 Å². The number of allylic oxidation sites excluding steroid dienone is 2. The van der Waals surface area contributed by atoms with Crippen LogP contribution >= 0.6 is 0 Å². The van der Waals surface area contributed by atoms with E-state index in [1.807, 2.05) is 12.1 Å². The average molecular weight is 271 g/mol. The zero-order valence-electron chi connectivity index (χ0n) is 11.9. The molecule has 106 valence electrons. The zero-order valence-corrected chi connectivity index (χ0v) is 11.9. The molecule has 3 heteroatoms. The molecule has 2 unspecified atom stereocenters. The second-order valence-electron chi connectivity index (χ2n) is 5.24. The van der Waals surface area contributed by atoms with Crippen LogP contribution in [0, 0.1) is 23.2 Å². The van der Waals surface area contributed by atoms with E-state index in [1.54, 1.807) is 12.1 Å². The Morgan fingerprint density at radius 2 is 1.90 bits per heavy atom. The number of hydrogen-bond acceptors (Lipinski definition) is 3. The summed E-state index contributed by atoms with van der Waals surface area (Å²) in [6.45, 7) is 4.24. The molecule has 0 N–H and O–H groups in total. The lowest BCUT2D eigenvalue weighted by molar-refractivity contribution is 0.0586. The maximum absolute atomic E-state index is 8.70. The average Bonchev–Trinajstić information content (AvgIpc) is 2.49. The highest BCUT2D eigenvalue weighted by Crippen LogP contribution is 2.24. The first-order valence-corrected chi connectivity index (χ1v) is 7.15. The van der Waals surface area contributed by atoms with Gasteiger partial charge in [0.15, 0.2) is 0 Å². The van der Waals surface area contributed by atoms with Crippen molar-refractivity contribution >= 4 is 0 Å². The van der Waals surface area contributed by atoms with Gasteiger partial charge < -0.3 is 9.47 Å². The minimum Gasteiger partial charge on any atom is -0.491 e. The van der Waals surface area contributed by atoms with Crippen molar-refractivity contribution in [1.82, 2.24) is 0 Å². The maximum Gasteiger partial charge on any atom is 0.119 e. The SMILES string of the molecule is CC1CC=CCC1COCCOc1ccc(C#N)cc1. The Morgan fingerprint density at radius 3 is 2.60 bits per heavy atom. The molecule has 0 amide bonds. The van der Waals surface area contributed by atoms with Crippen LogP contribution in [0.1, 0.15) is 25.3 Å². The molecule has 1 aliphatic rings. The second kappa shape index (κ2) is 7.72. The van der Waals surface area contributed by atoms with Crippen LogP contribution in [-0.2, 0) is 4.74 Å². The van der Waals surface area contributed by atoms with Crippen LogP contribution in [0.3, 0.4) is 0 Å². The lowest BCUT2D eigenvalue weighted by Gasteiger charge is -2.24. The summed E-state index contributed by atoms with van der Waals surface area (Å²) in [5, 5.41) is 8.70. The third-order valence-corrected chi connectivity index (χ3v) is 3.73. The van der Waals surface area contributed by atoms with E-state index in [0.717, 1.165) is 25.2 Å². The van der Waals surface area contributed by atoms with Crippen molar-refractivity contribution in [2.75, 3.05) is 19.8 Å². The molecule has 0 saturated heterocycles. The Hall–Kier alpha value is -1.79. The van der Waals surface area contributed by atoms with Crippen LogP contribution in [-0.4, -0.2) is 19.8 Å². The van der Waals surface area contributed by atoms with Gasteiger partial charge in [0.1, 0.15) is 12.4 Å². The first-order valence-electron chi connectivity index (χ1n) is 7.15. The van der Waals surface area contributed by atoms with Gasteiger partial charge in [0, 0.05) is 0 Å². The molecule has 0 saturated carbocycles. The standard InChI is InChI=1S/C17H21NO2/c1-14-4-2-3-5-16(14)13-19-10-11-20-17-8-6-15(12-18)7-9-17/h2-3,6-9,14,16H,4-5,10-11,13H2,1H3. The van der Waals surface area contributed by atoms with E-state index < -0.39 is 0 Å². The first-order chi connectivity index (χ1) is 9.79. The molecule has 0 fully saturated rings. The van der Waals surface area contributed by atoms with Gasteiger partial charge in [-0.2, -0.15) is 5.26 Å². The zero-order chi connectivity index (χ0) is 14.2. The molecule has 0 aromatic heterocycles. The van der Waals surface area contributed by atoms with E-state index in [4.69, 9.17) is 14.7 Å². The van der Waals surface area contributed by atoms with Crippen molar-refractivity contribution in [2.45, 2.75) is 19.8 Å². The first kappa shape index (κ1) is 14.6. The fourth-order valence-corrected chi connectivity index (χ4v) is 2.32. The van der Waals surface area contributed by atoms with Crippen molar-refractivity contribution in [3.8, 4) is 11.8 Å². The van der Waals surface area contributed by atoms with E-state index in [2.05, 4.69) is 25.1 Å². The largest absolute Gasteiger partial charge is 0.491 e. The van der Waals surface area contributed by atoms with Gasteiger partial charge in [-0.3, -0.25) is 0 Å². The lowest BCUT2D eigenvalue weighted by Crippen LogP contribution is -2.21. The normalized spacial score (nSPS) is 21.4. The second-order valence-corrected chi connectivity index (χ2v) is 5.24. The summed E-state index contributed by atoms with van der Waals surface area (Å²) >= 11 is 0. The molecular weight excluding hydrogens is 250 g/mol. The van der Waals surface area contributed by atoms with E-state index in [-0.39, 0.29) is 0 Å². The summed E-state index contributed by atoms with van der Waals surface area (Å²) < 4.78 is 11.3. The number of hydrogen-bond donors (Lipinski definition) is 0. The summed E-state index contributed by atoms with van der Waals surface area (Å²) in [5.41, 5.74) is 0.646. The number of ether oxygens (including phenoxy) is 2. The van der Waals surface area contributed by atoms with Gasteiger partial charge >= 0.3 is 0 Å². The molecule has 0 radical (unpaired) electrons. The highest BCUT2D eigenvalue weighted by Gasteiger charge is 2.17. The van der Waals surface area contributed by atoms with Crippen molar-refractivity contribution < 1.29 is 9.47 Å². The third kappa shape index (κ3) is 4.40. The predicted octanol–water partition coefficient (Wildman–Crippen LogP) is 3.56. The summed E-state index contributed by atoms with van der Waals surface area (Å²) in [6.07, 6.45) is 6.80. The topological polar surface area (TPSA) is 42.2 Å². The molecule has 0 aliphatic heterocycles. The van der Waals surface area contributed by atoms with Crippen molar-refractivity contribution in [3.05, 3.63) is 42.0 Å². The van der Waals surface area contributed by atoms with Crippen LogP contribution in [0.25, 0.3) is 0 Å². The Morgan fingerprint density at radius 1 is 1.15 bits per heavy atom. The fourth-order valence-electron chi connectivity index (χ4n) is 2.32. The molecule has 1 aromatic rings. The van der Waals surface area contributed by atoms with Gasteiger partial charge in [-0.1, -0.05) is 19.1 Å². The molecule has 0 bridgehead atoms. The molecule has 1 aromatic carbocycles. The highest BCUT2D eigenvalue weighted by molar-refractivity contribution is 5.34. The molecular formula is C17H21NO2. The Kier molecular flexibility index (Phi) is 5.64. The Bertz CT molecular complexity index is 473. The molecule has 20 heavy (non-hydrogen) atoms. The molecule has 3 nitrogen and oxygen atoms in total. The summed E-state index contributed by atoms with van der Waals surface area (Å²) in [6, 6.07) is 9.22. The minimum absolute atomic E-state index is 0.544. The minimum atomic E-state index is 0.544. The van der Waals surface area contributed by atoms with Crippen LogP contribution in [0.4, 0.5) is 0 Å². The molecule has 2 rings (SSSR count). The smallest absolute Gasteiger partial charge is 0.119 e. The summed E-state index contributed by atoms with van der Waals surface area (Å²) in [5.74, 6) is 2.12. The van der Waals surface area contributed by atoms with Crippen LogP contribution in [0.15, 0.2) is 36.4 Å². The highest BCUT2D eigenvalue weighted by atomic mass is 16.5. The Balaban J connectivity index is 1.61. The van der Waals surface area contributed by atoms with Gasteiger partial charge in [-0.15, -0.1) is 0 Å². The van der Waals surface area contributed by atoms with Crippen molar-refractivity contribution in [2.24, 2.45) is 11.8 Å². The number of benzene rings is 1. The van der Waals surface area contributed by atoms with Gasteiger partial charge in [-0.25, -0.2) is 0 Å². The summed E-state index contributed by atoms with van der Waals surface area (Å²) in [7, 11) is 0. The van der Waals surface area contributed by atoms with Crippen molar-refractivity contribution in [1.29, 1.82) is 5.26 Å².